The highest BCUT2D eigenvalue weighted by Crippen LogP contribution is 2.27. The van der Waals surface area contributed by atoms with E-state index >= 15 is 0 Å². The van der Waals surface area contributed by atoms with E-state index in [2.05, 4.69) is 5.32 Å². The molecule has 0 aromatic heterocycles. The van der Waals surface area contributed by atoms with Crippen LogP contribution in [-0.4, -0.2) is 38.7 Å². The number of ether oxygens (including phenoxy) is 2. The summed E-state index contributed by atoms with van der Waals surface area (Å²) in [5, 5.41) is 3.40. The fourth-order valence-corrected chi connectivity index (χ4v) is 2.41. The standard InChI is InChI=1S/C18H21ClN2O3/c1-21(18(22)20-15-6-4-5-14(19)12-15)10-9-13-7-8-16(23-2)17(11-13)24-3/h4-8,11-12H,9-10H2,1-3H3,(H,20,22). The molecule has 128 valence electrons. The molecule has 0 saturated carbocycles. The first-order valence-corrected chi connectivity index (χ1v) is 7.90. The van der Waals surface area contributed by atoms with Crippen molar-refractivity contribution in [2.24, 2.45) is 0 Å². The van der Waals surface area contributed by atoms with Gasteiger partial charge in [0.25, 0.3) is 0 Å². The van der Waals surface area contributed by atoms with Crippen LogP contribution < -0.4 is 14.8 Å². The number of nitrogens with one attached hydrogen (secondary N) is 1. The Hall–Kier alpha value is -2.40. The summed E-state index contributed by atoms with van der Waals surface area (Å²) in [6.07, 6.45) is 0.708. The van der Waals surface area contributed by atoms with Crippen LogP contribution in [0, 0.1) is 0 Å². The molecule has 2 amide bonds. The Morgan fingerprint density at radius 2 is 1.88 bits per heavy atom. The summed E-state index contributed by atoms with van der Waals surface area (Å²) in [5.41, 5.74) is 1.74. The van der Waals surface area contributed by atoms with Gasteiger partial charge >= 0.3 is 6.03 Å². The van der Waals surface area contributed by atoms with Gasteiger partial charge in [-0.3, -0.25) is 0 Å². The summed E-state index contributed by atoms with van der Waals surface area (Å²) in [4.78, 5) is 13.8. The Balaban J connectivity index is 1.92. The number of urea groups is 1. The van der Waals surface area contributed by atoms with E-state index in [4.69, 9.17) is 21.1 Å². The number of carbonyl (C=O) groups is 1. The molecular weight excluding hydrogens is 328 g/mol. The number of nitrogens with zero attached hydrogens (tertiary/aromatic N) is 1. The van der Waals surface area contributed by atoms with Crippen LogP contribution in [0.4, 0.5) is 10.5 Å². The molecule has 0 spiro atoms. The quantitative estimate of drug-likeness (QED) is 0.856. The van der Waals surface area contributed by atoms with E-state index in [0.717, 1.165) is 5.56 Å². The first-order chi connectivity index (χ1) is 11.5. The van der Waals surface area contributed by atoms with Crippen molar-refractivity contribution >= 4 is 23.3 Å². The number of methoxy groups -OCH3 is 2. The zero-order chi connectivity index (χ0) is 17.5. The van der Waals surface area contributed by atoms with E-state index in [-0.39, 0.29) is 6.03 Å². The van der Waals surface area contributed by atoms with Crippen LogP contribution >= 0.6 is 11.6 Å². The molecule has 0 saturated heterocycles. The minimum Gasteiger partial charge on any atom is -0.493 e. The molecule has 6 heteroatoms. The van der Waals surface area contributed by atoms with Gasteiger partial charge in [0.15, 0.2) is 11.5 Å². The second-order valence-electron chi connectivity index (χ2n) is 5.30. The topological polar surface area (TPSA) is 50.8 Å². The zero-order valence-corrected chi connectivity index (χ0v) is 14.8. The number of carbonyl (C=O) groups excluding carboxylic acids is 1. The molecule has 24 heavy (non-hydrogen) atoms. The third kappa shape index (κ3) is 4.80. The molecule has 0 radical (unpaired) electrons. The van der Waals surface area contributed by atoms with Gasteiger partial charge in [0.05, 0.1) is 14.2 Å². The molecule has 0 unspecified atom stereocenters. The molecule has 2 rings (SSSR count). The van der Waals surface area contributed by atoms with E-state index in [0.29, 0.717) is 35.2 Å². The minimum absolute atomic E-state index is 0.183. The Morgan fingerprint density at radius 3 is 2.54 bits per heavy atom. The molecule has 0 bridgehead atoms. The average Bonchev–Trinajstić information content (AvgIpc) is 2.59. The summed E-state index contributed by atoms with van der Waals surface area (Å²) >= 11 is 5.92. The fourth-order valence-electron chi connectivity index (χ4n) is 2.22. The Morgan fingerprint density at radius 1 is 1.12 bits per heavy atom. The highest BCUT2D eigenvalue weighted by Gasteiger charge is 2.10. The molecule has 5 nitrogen and oxygen atoms in total. The van der Waals surface area contributed by atoms with E-state index < -0.39 is 0 Å². The second-order valence-corrected chi connectivity index (χ2v) is 5.74. The fraction of sp³-hybridized carbons (Fsp3) is 0.278. The summed E-state index contributed by atoms with van der Waals surface area (Å²) in [5.74, 6) is 1.37. The molecule has 0 aliphatic heterocycles. The summed E-state index contributed by atoms with van der Waals surface area (Å²) in [6, 6.07) is 12.6. The van der Waals surface area contributed by atoms with Crippen LogP contribution in [0.15, 0.2) is 42.5 Å². The Labute approximate surface area is 147 Å². The lowest BCUT2D eigenvalue weighted by Gasteiger charge is -2.18. The predicted molar refractivity (Wildman–Crippen MR) is 96.4 cm³/mol. The largest absolute Gasteiger partial charge is 0.493 e. The Kier molecular flexibility index (Phi) is 6.32. The van der Waals surface area contributed by atoms with Gasteiger partial charge in [-0.05, 0) is 42.3 Å². The van der Waals surface area contributed by atoms with E-state index in [1.807, 2.05) is 18.2 Å². The van der Waals surface area contributed by atoms with E-state index in [1.165, 1.54) is 0 Å². The van der Waals surface area contributed by atoms with Crippen LogP contribution in [0.1, 0.15) is 5.56 Å². The first kappa shape index (κ1) is 17.9. The maximum atomic E-state index is 12.2. The van der Waals surface area contributed by atoms with E-state index in [9.17, 15) is 4.79 Å². The molecule has 0 aliphatic carbocycles. The molecule has 2 aromatic carbocycles. The molecule has 2 aromatic rings. The van der Waals surface area contributed by atoms with Crippen LogP contribution in [0.5, 0.6) is 11.5 Å². The molecular formula is C18H21ClN2O3. The molecule has 0 aliphatic rings. The highest BCUT2D eigenvalue weighted by atomic mass is 35.5. The Bertz CT molecular complexity index is 706. The number of halogens is 1. The highest BCUT2D eigenvalue weighted by molar-refractivity contribution is 6.30. The summed E-state index contributed by atoms with van der Waals surface area (Å²) in [7, 11) is 4.96. The third-order valence-electron chi connectivity index (χ3n) is 3.61. The van der Waals surface area contributed by atoms with Crippen molar-refractivity contribution in [2.75, 3.05) is 33.1 Å². The van der Waals surface area contributed by atoms with Gasteiger partial charge in [0.2, 0.25) is 0 Å². The lowest BCUT2D eigenvalue weighted by molar-refractivity contribution is 0.223. The average molecular weight is 349 g/mol. The molecule has 0 atom stereocenters. The first-order valence-electron chi connectivity index (χ1n) is 7.52. The van der Waals surface area contributed by atoms with Crippen molar-refractivity contribution < 1.29 is 14.3 Å². The van der Waals surface area contributed by atoms with Gasteiger partial charge in [0.1, 0.15) is 0 Å². The minimum atomic E-state index is -0.183. The monoisotopic (exact) mass is 348 g/mol. The predicted octanol–water partition coefficient (Wildman–Crippen LogP) is 4.06. The van der Waals surface area contributed by atoms with Crippen molar-refractivity contribution in [3.05, 3.63) is 53.1 Å². The van der Waals surface area contributed by atoms with Crippen molar-refractivity contribution in [1.29, 1.82) is 0 Å². The number of rotatable bonds is 6. The summed E-state index contributed by atoms with van der Waals surface area (Å²) in [6.45, 7) is 0.571. The number of benzene rings is 2. The van der Waals surface area contributed by atoms with Crippen LogP contribution in [0.2, 0.25) is 5.02 Å². The van der Waals surface area contributed by atoms with E-state index in [1.54, 1.807) is 50.4 Å². The SMILES string of the molecule is COc1ccc(CCN(C)C(=O)Nc2cccc(Cl)c2)cc1OC. The van der Waals surface area contributed by atoms with Gasteiger partial charge in [-0.2, -0.15) is 0 Å². The van der Waals surface area contributed by atoms with Crippen molar-refractivity contribution in [3.8, 4) is 11.5 Å². The van der Waals surface area contributed by atoms with Crippen molar-refractivity contribution in [2.45, 2.75) is 6.42 Å². The van der Waals surface area contributed by atoms with Crippen LogP contribution in [0.3, 0.4) is 0 Å². The number of hydrogen-bond donors (Lipinski definition) is 1. The molecule has 1 N–H and O–H groups in total. The van der Waals surface area contributed by atoms with Gasteiger partial charge in [0, 0.05) is 24.3 Å². The van der Waals surface area contributed by atoms with Gasteiger partial charge in [-0.15, -0.1) is 0 Å². The van der Waals surface area contributed by atoms with Crippen molar-refractivity contribution in [3.63, 3.8) is 0 Å². The normalized spacial score (nSPS) is 10.2. The van der Waals surface area contributed by atoms with Gasteiger partial charge < -0.3 is 19.7 Å². The lowest BCUT2D eigenvalue weighted by Crippen LogP contribution is -2.32. The summed E-state index contributed by atoms with van der Waals surface area (Å²) < 4.78 is 10.5. The van der Waals surface area contributed by atoms with Crippen LogP contribution in [-0.2, 0) is 6.42 Å². The number of hydrogen-bond acceptors (Lipinski definition) is 3. The zero-order valence-electron chi connectivity index (χ0n) is 14.0. The smallest absolute Gasteiger partial charge is 0.321 e. The van der Waals surface area contributed by atoms with Gasteiger partial charge in [-0.25, -0.2) is 4.79 Å². The van der Waals surface area contributed by atoms with Crippen molar-refractivity contribution in [1.82, 2.24) is 4.90 Å². The molecule has 0 fully saturated rings. The third-order valence-corrected chi connectivity index (χ3v) is 3.84. The van der Waals surface area contributed by atoms with Gasteiger partial charge in [-0.1, -0.05) is 23.7 Å². The number of amides is 2. The van der Waals surface area contributed by atoms with Crippen LogP contribution in [0.25, 0.3) is 0 Å². The second kappa shape index (κ2) is 8.45. The number of anilines is 1. The molecule has 0 heterocycles. The number of likely N-dealkylation sites (N-methyl/N-ethyl adjacent to an activating group) is 1. The maximum Gasteiger partial charge on any atom is 0.321 e. The lowest BCUT2D eigenvalue weighted by atomic mass is 10.1. The maximum absolute atomic E-state index is 12.2.